The first kappa shape index (κ1) is 23.1. The quantitative estimate of drug-likeness (QED) is 0.502. The van der Waals surface area contributed by atoms with Crippen LogP contribution in [0, 0.1) is 17.0 Å². The van der Waals surface area contributed by atoms with E-state index >= 15 is 0 Å². The number of aryl methyl sites for hydroxylation is 1. The molecule has 160 valence electrons. The first-order chi connectivity index (χ1) is 14.2. The lowest BCUT2D eigenvalue weighted by Gasteiger charge is -2.31. The largest absolute Gasteiger partial charge is 0.352 e. The zero-order chi connectivity index (χ0) is 22.3. The minimum Gasteiger partial charge on any atom is -0.352 e. The number of nitro benzene ring substituents is 1. The van der Waals surface area contributed by atoms with Crippen molar-refractivity contribution in [2.45, 2.75) is 59.2 Å². The van der Waals surface area contributed by atoms with E-state index in [1.165, 1.54) is 11.0 Å². The third kappa shape index (κ3) is 5.89. The molecule has 0 aliphatic rings. The van der Waals surface area contributed by atoms with Crippen LogP contribution in [0.3, 0.4) is 0 Å². The number of nitro groups is 1. The SMILES string of the molecule is CCC(C(=O)NC(C)C)N(Cc1ccccc1C)C(=O)Cc1ccccc1[N+](=O)[O-]. The molecule has 2 aromatic carbocycles. The molecule has 0 saturated heterocycles. The van der Waals surface area contributed by atoms with Crippen molar-refractivity contribution >= 4 is 17.5 Å². The van der Waals surface area contributed by atoms with E-state index in [1.54, 1.807) is 18.2 Å². The van der Waals surface area contributed by atoms with Gasteiger partial charge in [-0.1, -0.05) is 49.4 Å². The molecular formula is C23H29N3O4. The van der Waals surface area contributed by atoms with Gasteiger partial charge in [0, 0.05) is 24.2 Å². The monoisotopic (exact) mass is 411 g/mol. The first-order valence-corrected chi connectivity index (χ1v) is 10.1. The van der Waals surface area contributed by atoms with Gasteiger partial charge in [0.05, 0.1) is 11.3 Å². The Bertz CT molecular complexity index is 911. The van der Waals surface area contributed by atoms with Crippen LogP contribution in [0.25, 0.3) is 0 Å². The smallest absolute Gasteiger partial charge is 0.273 e. The van der Waals surface area contributed by atoms with Crippen molar-refractivity contribution < 1.29 is 14.5 Å². The van der Waals surface area contributed by atoms with Crippen LogP contribution in [0.1, 0.15) is 43.9 Å². The van der Waals surface area contributed by atoms with E-state index < -0.39 is 11.0 Å². The van der Waals surface area contributed by atoms with Crippen LogP contribution >= 0.6 is 0 Å². The summed E-state index contributed by atoms with van der Waals surface area (Å²) in [5, 5.41) is 14.2. The molecule has 7 heteroatoms. The topological polar surface area (TPSA) is 92.6 Å². The highest BCUT2D eigenvalue weighted by Crippen LogP contribution is 2.21. The van der Waals surface area contributed by atoms with E-state index in [2.05, 4.69) is 5.32 Å². The van der Waals surface area contributed by atoms with E-state index in [1.807, 2.05) is 52.0 Å². The zero-order valence-corrected chi connectivity index (χ0v) is 17.9. The lowest BCUT2D eigenvalue weighted by atomic mass is 10.0. The predicted octanol–water partition coefficient (Wildman–Crippen LogP) is 3.78. The summed E-state index contributed by atoms with van der Waals surface area (Å²) in [6.45, 7) is 7.80. The van der Waals surface area contributed by atoms with Gasteiger partial charge in [0.15, 0.2) is 0 Å². The molecule has 2 rings (SSSR count). The third-order valence-corrected chi connectivity index (χ3v) is 4.95. The molecule has 0 fully saturated rings. The Balaban J connectivity index is 2.39. The maximum atomic E-state index is 13.3. The minimum absolute atomic E-state index is 0.0582. The summed E-state index contributed by atoms with van der Waals surface area (Å²) in [5.74, 6) is -0.546. The molecule has 1 unspecified atom stereocenters. The Morgan fingerprint density at radius 1 is 1.07 bits per heavy atom. The highest BCUT2D eigenvalue weighted by molar-refractivity contribution is 5.89. The second-order valence-corrected chi connectivity index (χ2v) is 7.60. The molecule has 0 aliphatic heterocycles. The van der Waals surface area contributed by atoms with Crippen molar-refractivity contribution in [2.24, 2.45) is 0 Å². The van der Waals surface area contributed by atoms with E-state index in [-0.39, 0.29) is 36.5 Å². The number of hydrogen-bond donors (Lipinski definition) is 1. The van der Waals surface area contributed by atoms with E-state index in [0.29, 0.717) is 12.0 Å². The summed E-state index contributed by atoms with van der Waals surface area (Å²) in [7, 11) is 0. The highest BCUT2D eigenvalue weighted by Gasteiger charge is 2.30. The molecule has 0 aromatic heterocycles. The second kappa shape index (κ2) is 10.5. The number of rotatable bonds is 9. The Hall–Kier alpha value is -3.22. The van der Waals surface area contributed by atoms with Gasteiger partial charge in [-0.15, -0.1) is 0 Å². The van der Waals surface area contributed by atoms with Crippen molar-refractivity contribution in [1.82, 2.24) is 10.2 Å². The van der Waals surface area contributed by atoms with Crippen molar-refractivity contribution in [2.75, 3.05) is 0 Å². The third-order valence-electron chi connectivity index (χ3n) is 4.95. The second-order valence-electron chi connectivity index (χ2n) is 7.60. The lowest BCUT2D eigenvalue weighted by molar-refractivity contribution is -0.385. The molecule has 0 spiro atoms. The Labute approximate surface area is 177 Å². The number of carbonyl (C=O) groups excluding carboxylic acids is 2. The molecule has 1 N–H and O–H groups in total. The van der Waals surface area contributed by atoms with Gasteiger partial charge in [0.2, 0.25) is 11.8 Å². The van der Waals surface area contributed by atoms with Crippen LogP contribution in [-0.4, -0.2) is 33.7 Å². The van der Waals surface area contributed by atoms with Gasteiger partial charge in [-0.05, 0) is 38.3 Å². The summed E-state index contributed by atoms with van der Waals surface area (Å²) in [6.07, 6.45) is 0.293. The summed E-state index contributed by atoms with van der Waals surface area (Å²) in [5.41, 5.74) is 2.19. The van der Waals surface area contributed by atoms with E-state index in [9.17, 15) is 19.7 Å². The fourth-order valence-electron chi connectivity index (χ4n) is 3.37. The molecule has 1 atom stereocenters. The maximum absolute atomic E-state index is 13.3. The van der Waals surface area contributed by atoms with Crippen molar-refractivity contribution in [3.8, 4) is 0 Å². The number of amides is 2. The number of carbonyl (C=O) groups is 2. The standard InChI is InChI=1S/C23H29N3O4/c1-5-20(23(28)24-16(2)3)25(15-19-12-7-6-10-17(19)4)22(27)14-18-11-8-9-13-21(18)26(29)30/h6-13,16,20H,5,14-15H2,1-4H3,(H,24,28). The van der Waals surface area contributed by atoms with Gasteiger partial charge in [-0.3, -0.25) is 19.7 Å². The number of nitrogens with zero attached hydrogens (tertiary/aromatic N) is 2. The molecule has 30 heavy (non-hydrogen) atoms. The normalized spacial score (nSPS) is 11.8. The Kier molecular flexibility index (Phi) is 8.09. The molecule has 0 saturated carbocycles. The van der Waals surface area contributed by atoms with Gasteiger partial charge >= 0.3 is 0 Å². The maximum Gasteiger partial charge on any atom is 0.273 e. The number of benzene rings is 2. The summed E-state index contributed by atoms with van der Waals surface area (Å²) < 4.78 is 0. The molecule has 2 aromatic rings. The van der Waals surface area contributed by atoms with E-state index in [4.69, 9.17) is 0 Å². The van der Waals surface area contributed by atoms with Crippen LogP contribution in [0.4, 0.5) is 5.69 Å². The minimum atomic E-state index is -0.665. The van der Waals surface area contributed by atoms with E-state index in [0.717, 1.165) is 11.1 Å². The molecular weight excluding hydrogens is 382 g/mol. The van der Waals surface area contributed by atoms with Gasteiger partial charge in [-0.25, -0.2) is 0 Å². The average molecular weight is 412 g/mol. The predicted molar refractivity (Wildman–Crippen MR) is 116 cm³/mol. The van der Waals surface area contributed by atoms with Gasteiger partial charge in [0.1, 0.15) is 6.04 Å². The van der Waals surface area contributed by atoms with Crippen molar-refractivity contribution in [3.05, 3.63) is 75.3 Å². The fraction of sp³-hybridized carbons (Fsp3) is 0.391. The lowest BCUT2D eigenvalue weighted by Crippen LogP contribution is -2.50. The Morgan fingerprint density at radius 2 is 1.67 bits per heavy atom. The van der Waals surface area contributed by atoms with Crippen LogP contribution in [-0.2, 0) is 22.6 Å². The van der Waals surface area contributed by atoms with Crippen LogP contribution in [0.5, 0.6) is 0 Å². The van der Waals surface area contributed by atoms with Crippen LogP contribution in [0.2, 0.25) is 0 Å². The molecule has 2 amide bonds. The highest BCUT2D eigenvalue weighted by atomic mass is 16.6. The summed E-state index contributed by atoms with van der Waals surface area (Å²) in [6, 6.07) is 13.2. The molecule has 0 bridgehead atoms. The summed E-state index contributed by atoms with van der Waals surface area (Å²) >= 11 is 0. The molecule has 7 nitrogen and oxygen atoms in total. The zero-order valence-electron chi connectivity index (χ0n) is 17.9. The number of hydrogen-bond acceptors (Lipinski definition) is 4. The van der Waals surface area contributed by atoms with Crippen LogP contribution < -0.4 is 5.32 Å². The summed E-state index contributed by atoms with van der Waals surface area (Å²) in [4.78, 5) is 38.5. The van der Waals surface area contributed by atoms with Crippen molar-refractivity contribution in [1.29, 1.82) is 0 Å². The first-order valence-electron chi connectivity index (χ1n) is 10.1. The fourth-order valence-corrected chi connectivity index (χ4v) is 3.37. The molecule has 0 heterocycles. The Morgan fingerprint density at radius 3 is 2.23 bits per heavy atom. The number of para-hydroxylation sites is 1. The number of nitrogens with one attached hydrogen (secondary N) is 1. The van der Waals surface area contributed by atoms with Crippen LogP contribution in [0.15, 0.2) is 48.5 Å². The van der Waals surface area contributed by atoms with Gasteiger partial charge < -0.3 is 10.2 Å². The van der Waals surface area contributed by atoms with Gasteiger partial charge in [0.25, 0.3) is 5.69 Å². The van der Waals surface area contributed by atoms with Gasteiger partial charge in [-0.2, -0.15) is 0 Å². The average Bonchev–Trinajstić information content (AvgIpc) is 2.68. The van der Waals surface area contributed by atoms with Crippen molar-refractivity contribution in [3.63, 3.8) is 0 Å². The molecule has 0 radical (unpaired) electrons. The molecule has 0 aliphatic carbocycles.